The van der Waals surface area contributed by atoms with Gasteiger partial charge in [-0.3, -0.25) is 14.6 Å². The van der Waals surface area contributed by atoms with Crippen LogP contribution in [0.3, 0.4) is 0 Å². The fourth-order valence-corrected chi connectivity index (χ4v) is 3.42. The van der Waals surface area contributed by atoms with E-state index in [-0.39, 0.29) is 5.91 Å². The molecule has 1 aromatic heterocycles. The number of carbonyl (C=O) groups is 2. The first kappa shape index (κ1) is 19.5. The molecule has 0 saturated heterocycles. The predicted molar refractivity (Wildman–Crippen MR) is 112 cm³/mol. The minimum Gasteiger partial charge on any atom is -0.366 e. The SMILES string of the molecule is CCCN(CCC)C(=O)c1cc(C(N)=O)cc(-c2cccc3cccnc23)c1. The zero-order chi connectivity index (χ0) is 20.1. The van der Waals surface area contributed by atoms with E-state index >= 15 is 0 Å². The van der Waals surface area contributed by atoms with Gasteiger partial charge in [0.05, 0.1) is 5.52 Å². The zero-order valence-corrected chi connectivity index (χ0v) is 16.3. The lowest BCUT2D eigenvalue weighted by molar-refractivity contribution is 0.0755. The Morgan fingerprint density at radius 2 is 1.64 bits per heavy atom. The summed E-state index contributed by atoms with van der Waals surface area (Å²) in [7, 11) is 0. The minimum atomic E-state index is -0.554. The van der Waals surface area contributed by atoms with Crippen LogP contribution in [0.5, 0.6) is 0 Å². The van der Waals surface area contributed by atoms with Crippen LogP contribution >= 0.6 is 0 Å². The van der Waals surface area contributed by atoms with Crippen LogP contribution in [0.1, 0.15) is 47.4 Å². The van der Waals surface area contributed by atoms with Crippen molar-refractivity contribution >= 4 is 22.7 Å². The van der Waals surface area contributed by atoms with Gasteiger partial charge in [0.15, 0.2) is 0 Å². The molecule has 0 aliphatic carbocycles. The van der Waals surface area contributed by atoms with Gasteiger partial charge in [-0.1, -0.05) is 38.1 Å². The summed E-state index contributed by atoms with van der Waals surface area (Å²) in [6, 6.07) is 14.9. The number of nitrogens with zero attached hydrogens (tertiary/aromatic N) is 2. The van der Waals surface area contributed by atoms with Gasteiger partial charge in [0, 0.05) is 41.4 Å². The monoisotopic (exact) mass is 375 g/mol. The van der Waals surface area contributed by atoms with Crippen molar-refractivity contribution in [1.82, 2.24) is 9.88 Å². The maximum Gasteiger partial charge on any atom is 0.253 e. The van der Waals surface area contributed by atoms with Crippen LogP contribution in [0.4, 0.5) is 0 Å². The molecule has 5 heteroatoms. The number of hydrogen-bond donors (Lipinski definition) is 1. The molecule has 144 valence electrons. The van der Waals surface area contributed by atoms with Crippen molar-refractivity contribution in [2.75, 3.05) is 13.1 Å². The lowest BCUT2D eigenvalue weighted by atomic mass is 9.96. The molecular weight excluding hydrogens is 350 g/mol. The largest absolute Gasteiger partial charge is 0.366 e. The maximum absolute atomic E-state index is 13.1. The van der Waals surface area contributed by atoms with Crippen molar-refractivity contribution in [1.29, 1.82) is 0 Å². The molecule has 0 spiro atoms. The number of aromatic nitrogens is 1. The predicted octanol–water partition coefficient (Wildman–Crippen LogP) is 4.26. The summed E-state index contributed by atoms with van der Waals surface area (Å²) in [5.74, 6) is -0.636. The van der Waals surface area contributed by atoms with Crippen molar-refractivity contribution in [2.24, 2.45) is 5.73 Å². The first-order valence-corrected chi connectivity index (χ1v) is 9.63. The standard InChI is InChI=1S/C23H25N3O2/c1-3-11-26(12-4-2)23(28)19-14-17(13-18(15-19)22(24)27)20-9-5-7-16-8-6-10-25-21(16)20/h5-10,13-15H,3-4,11-12H2,1-2H3,(H2,24,27). The van der Waals surface area contributed by atoms with Gasteiger partial charge < -0.3 is 10.6 Å². The molecule has 1 heterocycles. The van der Waals surface area contributed by atoms with Crippen LogP contribution < -0.4 is 5.73 Å². The van der Waals surface area contributed by atoms with Gasteiger partial charge in [0.1, 0.15) is 0 Å². The molecular formula is C23H25N3O2. The number of amides is 2. The molecule has 3 rings (SSSR count). The minimum absolute atomic E-state index is 0.0822. The second-order valence-corrected chi connectivity index (χ2v) is 6.84. The quantitative estimate of drug-likeness (QED) is 0.670. The summed E-state index contributed by atoms with van der Waals surface area (Å²) in [4.78, 5) is 31.3. The highest BCUT2D eigenvalue weighted by molar-refractivity contribution is 6.03. The van der Waals surface area contributed by atoms with Crippen molar-refractivity contribution in [2.45, 2.75) is 26.7 Å². The van der Waals surface area contributed by atoms with Gasteiger partial charge in [0.25, 0.3) is 5.91 Å². The summed E-state index contributed by atoms with van der Waals surface area (Å²) in [5.41, 5.74) is 8.80. The van der Waals surface area contributed by atoms with Crippen molar-refractivity contribution in [3.8, 4) is 11.1 Å². The van der Waals surface area contributed by atoms with Gasteiger partial charge >= 0.3 is 0 Å². The molecule has 0 radical (unpaired) electrons. The van der Waals surface area contributed by atoms with Crippen LogP contribution in [-0.4, -0.2) is 34.8 Å². The van der Waals surface area contributed by atoms with Gasteiger partial charge in [0.2, 0.25) is 5.91 Å². The van der Waals surface area contributed by atoms with E-state index in [0.717, 1.165) is 34.9 Å². The Morgan fingerprint density at radius 3 is 2.32 bits per heavy atom. The van der Waals surface area contributed by atoms with E-state index in [1.165, 1.54) is 0 Å². The number of para-hydroxylation sites is 1. The van der Waals surface area contributed by atoms with Crippen LogP contribution in [0.25, 0.3) is 22.0 Å². The highest BCUT2D eigenvalue weighted by atomic mass is 16.2. The maximum atomic E-state index is 13.1. The molecule has 0 unspecified atom stereocenters. The van der Waals surface area contributed by atoms with Gasteiger partial charge in [-0.25, -0.2) is 0 Å². The van der Waals surface area contributed by atoms with Crippen molar-refractivity contribution in [3.63, 3.8) is 0 Å². The average molecular weight is 375 g/mol. The molecule has 0 aliphatic rings. The van der Waals surface area contributed by atoms with Crippen LogP contribution in [-0.2, 0) is 0 Å². The average Bonchev–Trinajstić information content (AvgIpc) is 2.72. The van der Waals surface area contributed by atoms with Crippen molar-refractivity contribution < 1.29 is 9.59 Å². The zero-order valence-electron chi connectivity index (χ0n) is 16.3. The number of hydrogen-bond acceptors (Lipinski definition) is 3. The van der Waals surface area contributed by atoms with E-state index in [4.69, 9.17) is 5.73 Å². The third-order valence-corrected chi connectivity index (χ3v) is 4.68. The van der Waals surface area contributed by atoms with E-state index in [1.54, 1.807) is 18.3 Å². The van der Waals surface area contributed by atoms with Crippen LogP contribution in [0.2, 0.25) is 0 Å². The topological polar surface area (TPSA) is 76.3 Å². The number of carbonyl (C=O) groups excluding carboxylic acids is 2. The third kappa shape index (κ3) is 4.03. The molecule has 0 bridgehead atoms. The van der Waals surface area contributed by atoms with E-state index < -0.39 is 5.91 Å². The number of fused-ring (bicyclic) bond motifs is 1. The first-order valence-electron chi connectivity index (χ1n) is 9.63. The molecule has 0 aliphatic heterocycles. The second kappa shape index (κ2) is 8.65. The number of rotatable bonds is 7. The Hall–Kier alpha value is -3.21. The Bertz CT molecular complexity index is 1000. The Balaban J connectivity index is 2.15. The highest BCUT2D eigenvalue weighted by Gasteiger charge is 2.18. The van der Waals surface area contributed by atoms with Crippen LogP contribution in [0, 0.1) is 0 Å². The van der Waals surface area contributed by atoms with E-state index in [0.29, 0.717) is 24.2 Å². The van der Waals surface area contributed by atoms with Crippen LogP contribution in [0.15, 0.2) is 54.7 Å². The molecule has 2 aromatic carbocycles. The molecule has 0 saturated carbocycles. The summed E-state index contributed by atoms with van der Waals surface area (Å²) >= 11 is 0. The smallest absolute Gasteiger partial charge is 0.253 e. The lowest BCUT2D eigenvalue weighted by Gasteiger charge is -2.22. The van der Waals surface area contributed by atoms with Gasteiger partial charge in [-0.05, 0) is 42.7 Å². The molecule has 28 heavy (non-hydrogen) atoms. The summed E-state index contributed by atoms with van der Waals surface area (Å²) in [6.07, 6.45) is 3.49. The first-order chi connectivity index (χ1) is 13.5. The number of nitrogens with two attached hydrogens (primary N) is 1. The molecule has 0 atom stereocenters. The lowest BCUT2D eigenvalue weighted by Crippen LogP contribution is -2.32. The van der Waals surface area contributed by atoms with Gasteiger partial charge in [-0.2, -0.15) is 0 Å². The molecule has 2 amide bonds. The Kier molecular flexibility index (Phi) is 6.04. The molecule has 3 aromatic rings. The summed E-state index contributed by atoms with van der Waals surface area (Å²) in [6.45, 7) is 5.45. The van der Waals surface area contributed by atoms with E-state index in [2.05, 4.69) is 4.98 Å². The third-order valence-electron chi connectivity index (χ3n) is 4.68. The second-order valence-electron chi connectivity index (χ2n) is 6.84. The molecule has 5 nitrogen and oxygen atoms in total. The fourth-order valence-electron chi connectivity index (χ4n) is 3.42. The number of pyridine rings is 1. The van der Waals surface area contributed by atoms with Crippen molar-refractivity contribution in [3.05, 3.63) is 65.9 Å². The normalized spacial score (nSPS) is 10.8. The molecule has 0 fully saturated rings. The highest BCUT2D eigenvalue weighted by Crippen LogP contribution is 2.29. The Morgan fingerprint density at radius 1 is 0.964 bits per heavy atom. The fraction of sp³-hybridized carbons (Fsp3) is 0.261. The number of primary amides is 1. The number of benzene rings is 2. The Labute approximate surface area is 165 Å². The van der Waals surface area contributed by atoms with Gasteiger partial charge in [-0.15, -0.1) is 0 Å². The summed E-state index contributed by atoms with van der Waals surface area (Å²) < 4.78 is 0. The van der Waals surface area contributed by atoms with E-state index in [1.807, 2.05) is 55.1 Å². The molecule has 2 N–H and O–H groups in total. The summed E-state index contributed by atoms with van der Waals surface area (Å²) in [5, 5.41) is 0.996. The van der Waals surface area contributed by atoms with E-state index in [9.17, 15) is 9.59 Å².